The smallest absolute Gasteiger partial charge is 0.307 e. The first-order valence-corrected chi connectivity index (χ1v) is 10.8. The molecule has 0 bridgehead atoms. The van der Waals surface area contributed by atoms with Crippen molar-refractivity contribution in [2.75, 3.05) is 16.4 Å². The van der Waals surface area contributed by atoms with Crippen molar-refractivity contribution in [2.24, 2.45) is 11.8 Å². The molecule has 8 heteroatoms. The molecule has 0 heterocycles. The van der Waals surface area contributed by atoms with Crippen molar-refractivity contribution >= 4 is 52.5 Å². The average Bonchev–Trinajstić information content (AvgIpc) is 2.74. The number of carbonyl (C=O) groups is 3. The van der Waals surface area contributed by atoms with Gasteiger partial charge in [-0.05, 0) is 55.3 Å². The second kappa shape index (κ2) is 10.3. The molecule has 6 nitrogen and oxygen atoms in total. The van der Waals surface area contributed by atoms with Gasteiger partial charge in [0.05, 0.1) is 17.6 Å². The fourth-order valence-corrected chi connectivity index (χ4v) is 4.04. The number of nitrogens with one attached hydrogen (secondary N) is 2. The summed E-state index contributed by atoms with van der Waals surface area (Å²) in [5, 5.41) is 15.5. The topological polar surface area (TPSA) is 95.5 Å². The number of thioether (sulfide) groups is 1. The third-order valence-electron chi connectivity index (χ3n) is 4.69. The Labute approximate surface area is 183 Å². The molecule has 3 rings (SSSR count). The molecule has 0 aliphatic heterocycles. The van der Waals surface area contributed by atoms with Crippen LogP contribution in [0.1, 0.15) is 12.8 Å². The Bertz CT molecular complexity index is 962. The molecule has 2 aromatic carbocycles. The predicted molar refractivity (Wildman–Crippen MR) is 119 cm³/mol. The van der Waals surface area contributed by atoms with Gasteiger partial charge in [-0.25, -0.2) is 0 Å². The number of carboxylic acid groups (broad SMARTS) is 1. The lowest BCUT2D eigenvalue weighted by Crippen LogP contribution is -2.34. The van der Waals surface area contributed by atoms with E-state index in [2.05, 4.69) is 10.6 Å². The molecule has 0 saturated carbocycles. The summed E-state index contributed by atoms with van der Waals surface area (Å²) in [5.74, 6) is -2.55. The van der Waals surface area contributed by atoms with E-state index in [0.717, 1.165) is 4.90 Å². The second-order valence-electron chi connectivity index (χ2n) is 6.85. The maximum Gasteiger partial charge on any atom is 0.307 e. The van der Waals surface area contributed by atoms with E-state index in [9.17, 15) is 19.5 Å². The van der Waals surface area contributed by atoms with E-state index in [-0.39, 0.29) is 17.6 Å². The number of aliphatic carboxylic acids is 1. The minimum atomic E-state index is -0.962. The number of rotatable bonds is 7. The fraction of sp³-hybridized carbons (Fsp3) is 0.227. The van der Waals surface area contributed by atoms with Gasteiger partial charge in [-0.3, -0.25) is 14.4 Å². The third-order valence-corrected chi connectivity index (χ3v) is 5.93. The maximum atomic E-state index is 12.6. The van der Waals surface area contributed by atoms with Gasteiger partial charge in [-0.2, -0.15) is 0 Å². The second-order valence-corrected chi connectivity index (χ2v) is 8.34. The lowest BCUT2D eigenvalue weighted by atomic mass is 9.82. The van der Waals surface area contributed by atoms with Crippen molar-refractivity contribution in [3.8, 4) is 0 Å². The number of allylic oxidation sites excluding steroid dienone is 2. The Kier molecular flexibility index (Phi) is 7.54. The molecular formula is C22H21ClN2O4S. The summed E-state index contributed by atoms with van der Waals surface area (Å²) in [6, 6.07) is 14.0. The van der Waals surface area contributed by atoms with Crippen molar-refractivity contribution in [2.45, 2.75) is 17.7 Å². The van der Waals surface area contributed by atoms with Crippen LogP contribution in [-0.2, 0) is 14.4 Å². The monoisotopic (exact) mass is 444 g/mol. The Hall–Kier alpha value is -2.77. The van der Waals surface area contributed by atoms with Gasteiger partial charge in [0.1, 0.15) is 0 Å². The van der Waals surface area contributed by atoms with Gasteiger partial charge >= 0.3 is 5.97 Å². The van der Waals surface area contributed by atoms with E-state index >= 15 is 0 Å². The quantitative estimate of drug-likeness (QED) is 0.426. The van der Waals surface area contributed by atoms with Crippen LogP contribution in [0.4, 0.5) is 11.4 Å². The van der Waals surface area contributed by atoms with Gasteiger partial charge in [0.15, 0.2) is 0 Å². The molecular weight excluding hydrogens is 424 g/mol. The molecule has 2 unspecified atom stereocenters. The highest BCUT2D eigenvalue weighted by molar-refractivity contribution is 8.00. The molecule has 30 heavy (non-hydrogen) atoms. The van der Waals surface area contributed by atoms with Gasteiger partial charge in [0, 0.05) is 21.3 Å². The first-order chi connectivity index (χ1) is 14.4. The lowest BCUT2D eigenvalue weighted by molar-refractivity contribution is -0.146. The summed E-state index contributed by atoms with van der Waals surface area (Å²) in [4.78, 5) is 37.0. The minimum absolute atomic E-state index is 0.157. The summed E-state index contributed by atoms with van der Waals surface area (Å²) in [6.45, 7) is 0. The van der Waals surface area contributed by atoms with Crippen LogP contribution in [0, 0.1) is 11.8 Å². The van der Waals surface area contributed by atoms with Crippen molar-refractivity contribution in [3.05, 3.63) is 65.7 Å². The van der Waals surface area contributed by atoms with E-state index in [4.69, 9.17) is 11.6 Å². The summed E-state index contributed by atoms with van der Waals surface area (Å²) in [7, 11) is 0. The molecule has 3 N–H and O–H groups in total. The van der Waals surface area contributed by atoms with E-state index in [1.165, 1.54) is 11.8 Å². The van der Waals surface area contributed by atoms with Crippen molar-refractivity contribution < 1.29 is 19.5 Å². The highest BCUT2D eigenvalue weighted by Crippen LogP contribution is 2.28. The number of hydrogen-bond acceptors (Lipinski definition) is 4. The van der Waals surface area contributed by atoms with Crippen LogP contribution in [0.3, 0.4) is 0 Å². The normalized spacial score (nSPS) is 17.9. The lowest BCUT2D eigenvalue weighted by Gasteiger charge is -2.24. The van der Waals surface area contributed by atoms with E-state index in [1.54, 1.807) is 48.5 Å². The van der Waals surface area contributed by atoms with Crippen molar-refractivity contribution in [1.82, 2.24) is 0 Å². The summed E-state index contributed by atoms with van der Waals surface area (Å²) >= 11 is 7.17. The molecule has 1 aliphatic carbocycles. The summed E-state index contributed by atoms with van der Waals surface area (Å²) < 4.78 is 0. The predicted octanol–water partition coefficient (Wildman–Crippen LogP) is 4.68. The van der Waals surface area contributed by atoms with Crippen LogP contribution in [0.15, 0.2) is 65.6 Å². The van der Waals surface area contributed by atoms with Crippen LogP contribution >= 0.6 is 23.4 Å². The minimum Gasteiger partial charge on any atom is -0.481 e. The number of carboxylic acids is 1. The largest absolute Gasteiger partial charge is 0.481 e. The van der Waals surface area contributed by atoms with Crippen LogP contribution in [-0.4, -0.2) is 28.6 Å². The molecule has 2 atom stereocenters. The number of halogens is 1. The molecule has 2 aromatic rings. The molecule has 0 saturated heterocycles. The molecule has 0 radical (unpaired) electrons. The van der Waals surface area contributed by atoms with E-state index < -0.39 is 17.8 Å². The standard InChI is InChI=1S/C22H21ClN2O4S/c23-14-8-10-15(11-9-14)24-20(26)13-30-17-5-3-4-16(12-17)25-21(27)18-6-1-2-7-19(18)22(28)29/h1-5,8-12,18-19H,6-7,13H2,(H,24,26)(H,25,27)(H,28,29). The SMILES string of the molecule is O=C(CSc1cccc(NC(=O)C2CC=CCC2C(=O)O)c1)Nc1ccc(Cl)cc1. The van der Waals surface area contributed by atoms with Gasteiger partial charge in [-0.1, -0.05) is 29.8 Å². The zero-order valence-electron chi connectivity index (χ0n) is 16.0. The Morgan fingerprint density at radius 3 is 2.37 bits per heavy atom. The zero-order chi connectivity index (χ0) is 21.5. The molecule has 0 fully saturated rings. The van der Waals surface area contributed by atoms with Crippen molar-refractivity contribution in [3.63, 3.8) is 0 Å². The zero-order valence-corrected chi connectivity index (χ0v) is 17.6. The maximum absolute atomic E-state index is 12.6. The number of hydrogen-bond donors (Lipinski definition) is 3. The molecule has 156 valence electrons. The molecule has 0 spiro atoms. The van der Waals surface area contributed by atoms with Crippen LogP contribution in [0.25, 0.3) is 0 Å². The Morgan fingerprint density at radius 1 is 0.967 bits per heavy atom. The molecule has 1 aliphatic rings. The van der Waals surface area contributed by atoms with Crippen LogP contribution < -0.4 is 10.6 Å². The highest BCUT2D eigenvalue weighted by atomic mass is 35.5. The van der Waals surface area contributed by atoms with Gasteiger partial charge in [0.2, 0.25) is 11.8 Å². The first-order valence-electron chi connectivity index (χ1n) is 9.39. The number of benzene rings is 2. The van der Waals surface area contributed by atoms with Gasteiger partial charge in [-0.15, -0.1) is 11.8 Å². The summed E-state index contributed by atoms with van der Waals surface area (Å²) in [5.41, 5.74) is 1.24. The van der Waals surface area contributed by atoms with E-state index in [1.807, 2.05) is 12.1 Å². The van der Waals surface area contributed by atoms with Crippen LogP contribution in [0.5, 0.6) is 0 Å². The molecule has 0 aromatic heterocycles. The number of carbonyl (C=O) groups excluding carboxylic acids is 2. The summed E-state index contributed by atoms with van der Waals surface area (Å²) in [6.07, 6.45) is 4.40. The van der Waals surface area contributed by atoms with E-state index in [0.29, 0.717) is 29.2 Å². The Morgan fingerprint density at radius 2 is 1.67 bits per heavy atom. The number of anilines is 2. The van der Waals surface area contributed by atoms with Gasteiger partial charge in [0.25, 0.3) is 0 Å². The first kappa shape index (κ1) is 21.9. The molecule has 2 amide bonds. The van der Waals surface area contributed by atoms with Crippen LogP contribution in [0.2, 0.25) is 5.02 Å². The number of amides is 2. The average molecular weight is 445 g/mol. The van der Waals surface area contributed by atoms with Crippen molar-refractivity contribution in [1.29, 1.82) is 0 Å². The van der Waals surface area contributed by atoms with Gasteiger partial charge < -0.3 is 15.7 Å². The fourth-order valence-electron chi connectivity index (χ4n) is 3.15. The Balaban J connectivity index is 1.55. The highest BCUT2D eigenvalue weighted by Gasteiger charge is 2.33. The third kappa shape index (κ3) is 6.11.